The summed E-state index contributed by atoms with van der Waals surface area (Å²) in [5.74, 6) is -0.259. The smallest absolute Gasteiger partial charge is 0.228 e. The van der Waals surface area contributed by atoms with E-state index in [4.69, 9.17) is 0 Å². The van der Waals surface area contributed by atoms with Crippen molar-refractivity contribution in [2.45, 2.75) is 40.2 Å². The Morgan fingerprint density at radius 3 is 2.55 bits per heavy atom. The number of aryl methyl sites for hydroxylation is 3. The Balaban J connectivity index is 1.53. The number of hydrogen-bond donors (Lipinski definition) is 1. The largest absolute Gasteiger partial charge is 0.311 e. The van der Waals surface area contributed by atoms with Crippen LogP contribution in [-0.2, 0) is 9.59 Å². The van der Waals surface area contributed by atoms with Crippen LogP contribution in [0.25, 0.3) is 17.3 Å². The van der Waals surface area contributed by atoms with E-state index in [0.717, 1.165) is 22.4 Å². The summed E-state index contributed by atoms with van der Waals surface area (Å²) in [6.07, 6.45) is 3.83. The molecule has 1 unspecified atom stereocenters. The fourth-order valence-electron chi connectivity index (χ4n) is 4.29. The molecule has 0 radical (unpaired) electrons. The van der Waals surface area contributed by atoms with Crippen molar-refractivity contribution in [2.75, 3.05) is 5.32 Å². The molecule has 2 heterocycles. The van der Waals surface area contributed by atoms with Crippen molar-refractivity contribution in [3.8, 4) is 11.3 Å². The third-order valence-corrected chi connectivity index (χ3v) is 6.29. The average molecular weight is 432 g/mol. The van der Waals surface area contributed by atoms with E-state index in [9.17, 15) is 9.59 Å². The Hall–Kier alpha value is -3.25. The quantitative estimate of drug-likeness (QED) is 0.582. The fraction of sp³-hybridized carbons (Fsp3) is 0.240. The van der Waals surface area contributed by atoms with E-state index in [2.05, 4.69) is 43.2 Å². The Morgan fingerprint density at radius 1 is 1.13 bits per heavy atom. The van der Waals surface area contributed by atoms with Gasteiger partial charge in [0.05, 0.1) is 18.2 Å². The number of amides is 2. The zero-order valence-corrected chi connectivity index (χ0v) is 18.9. The van der Waals surface area contributed by atoms with Crippen LogP contribution in [0, 0.1) is 20.8 Å². The first-order valence-electron chi connectivity index (χ1n) is 10.2. The summed E-state index contributed by atoms with van der Waals surface area (Å²) in [6, 6.07) is 11.8. The van der Waals surface area contributed by atoms with Crippen LogP contribution in [0.15, 0.2) is 48.0 Å². The van der Waals surface area contributed by atoms with Crippen molar-refractivity contribution in [1.82, 2.24) is 9.88 Å². The number of thiazole rings is 1. The van der Waals surface area contributed by atoms with Crippen LogP contribution in [-0.4, -0.2) is 21.7 Å². The second kappa shape index (κ2) is 8.47. The van der Waals surface area contributed by atoms with Crippen molar-refractivity contribution in [1.29, 1.82) is 0 Å². The summed E-state index contributed by atoms with van der Waals surface area (Å²) in [6.45, 7) is 7.76. The molecule has 0 saturated heterocycles. The lowest BCUT2D eigenvalue weighted by atomic mass is 9.93. The van der Waals surface area contributed by atoms with Gasteiger partial charge in [-0.05, 0) is 49.1 Å². The number of aromatic nitrogens is 1. The predicted octanol–water partition coefficient (Wildman–Crippen LogP) is 5.64. The van der Waals surface area contributed by atoms with Crippen LogP contribution in [0.1, 0.15) is 47.2 Å². The zero-order chi connectivity index (χ0) is 22.1. The van der Waals surface area contributed by atoms with Crippen LogP contribution < -0.4 is 5.32 Å². The molecule has 5 nitrogen and oxygen atoms in total. The second-order valence-electron chi connectivity index (χ2n) is 7.95. The Kier molecular flexibility index (Phi) is 5.74. The van der Waals surface area contributed by atoms with Gasteiger partial charge in [-0.25, -0.2) is 4.98 Å². The summed E-state index contributed by atoms with van der Waals surface area (Å²) < 4.78 is 0. The molecule has 31 heavy (non-hydrogen) atoms. The molecule has 4 rings (SSSR count). The molecule has 0 fully saturated rings. The molecule has 1 atom stereocenters. The molecule has 1 aromatic heterocycles. The van der Waals surface area contributed by atoms with E-state index in [-0.39, 0.29) is 24.3 Å². The van der Waals surface area contributed by atoms with Crippen LogP contribution >= 0.6 is 11.3 Å². The molecule has 1 aliphatic rings. The number of anilines is 1. The highest BCUT2D eigenvalue weighted by molar-refractivity contribution is 7.14. The molecule has 1 N–H and O–H groups in total. The predicted molar refractivity (Wildman–Crippen MR) is 126 cm³/mol. The summed E-state index contributed by atoms with van der Waals surface area (Å²) in [5, 5.41) is 5.46. The van der Waals surface area contributed by atoms with Gasteiger partial charge in [-0.1, -0.05) is 42.0 Å². The molecular formula is C25H25N3O2S. The highest BCUT2D eigenvalue weighted by Crippen LogP contribution is 2.34. The van der Waals surface area contributed by atoms with Crippen molar-refractivity contribution in [3.05, 3.63) is 75.8 Å². The SMILES string of the molecule is CC(=O)N1C=Cc2ccccc2C1CC(=O)Nc1nc(-c2c(C)cc(C)cc2C)cs1. The lowest BCUT2D eigenvalue weighted by Crippen LogP contribution is -2.33. The Bertz CT molecular complexity index is 1170. The van der Waals surface area contributed by atoms with Gasteiger partial charge in [0.2, 0.25) is 11.8 Å². The van der Waals surface area contributed by atoms with E-state index in [1.165, 1.54) is 35.0 Å². The topological polar surface area (TPSA) is 62.3 Å². The third-order valence-electron chi connectivity index (χ3n) is 5.53. The number of nitrogens with zero attached hydrogens (tertiary/aromatic N) is 2. The third kappa shape index (κ3) is 4.30. The van der Waals surface area contributed by atoms with Crippen molar-refractivity contribution < 1.29 is 9.59 Å². The first kappa shape index (κ1) is 21.0. The molecule has 2 aromatic carbocycles. The normalized spacial score (nSPS) is 15.0. The van der Waals surface area contributed by atoms with Crippen molar-refractivity contribution >= 4 is 34.4 Å². The van der Waals surface area contributed by atoms with Gasteiger partial charge in [0.15, 0.2) is 5.13 Å². The highest BCUT2D eigenvalue weighted by atomic mass is 32.1. The van der Waals surface area contributed by atoms with Gasteiger partial charge < -0.3 is 10.2 Å². The lowest BCUT2D eigenvalue weighted by molar-refractivity contribution is -0.129. The second-order valence-corrected chi connectivity index (χ2v) is 8.81. The number of carbonyl (C=O) groups is 2. The number of nitrogens with one attached hydrogen (secondary N) is 1. The van der Waals surface area contributed by atoms with E-state index in [0.29, 0.717) is 5.13 Å². The maximum Gasteiger partial charge on any atom is 0.228 e. The summed E-state index contributed by atoms with van der Waals surface area (Å²) >= 11 is 1.41. The molecule has 0 aliphatic carbocycles. The molecule has 0 bridgehead atoms. The van der Waals surface area contributed by atoms with Crippen LogP contribution in [0.5, 0.6) is 0 Å². The molecule has 6 heteroatoms. The van der Waals surface area contributed by atoms with Crippen molar-refractivity contribution in [2.24, 2.45) is 0 Å². The molecule has 0 spiro atoms. The number of benzene rings is 2. The maximum atomic E-state index is 12.9. The highest BCUT2D eigenvalue weighted by Gasteiger charge is 2.28. The number of fused-ring (bicyclic) bond motifs is 1. The van der Waals surface area contributed by atoms with Crippen molar-refractivity contribution in [3.63, 3.8) is 0 Å². The number of rotatable bonds is 4. The van der Waals surface area contributed by atoms with E-state index < -0.39 is 0 Å². The van der Waals surface area contributed by atoms with Gasteiger partial charge in [-0.2, -0.15) is 0 Å². The minimum absolute atomic E-state index is 0.0922. The van der Waals surface area contributed by atoms with E-state index in [1.807, 2.05) is 35.7 Å². The zero-order valence-electron chi connectivity index (χ0n) is 18.1. The van der Waals surface area contributed by atoms with Crippen LogP contribution in [0.2, 0.25) is 0 Å². The summed E-state index contributed by atoms with van der Waals surface area (Å²) in [7, 11) is 0. The average Bonchev–Trinajstić information content (AvgIpc) is 3.14. The molecule has 3 aromatic rings. The minimum atomic E-state index is -0.334. The summed E-state index contributed by atoms with van der Waals surface area (Å²) in [5.41, 5.74) is 7.54. The van der Waals surface area contributed by atoms with Gasteiger partial charge in [0.1, 0.15) is 0 Å². The van der Waals surface area contributed by atoms with Gasteiger partial charge in [-0.3, -0.25) is 9.59 Å². The summed E-state index contributed by atoms with van der Waals surface area (Å²) in [4.78, 5) is 31.3. The molecule has 2 amide bonds. The molecule has 158 valence electrons. The van der Waals surface area contributed by atoms with Gasteiger partial charge in [-0.15, -0.1) is 11.3 Å². The Labute approximate surface area is 186 Å². The molecular weight excluding hydrogens is 406 g/mol. The standard InChI is InChI=1S/C25H25N3O2S/c1-15-11-16(2)24(17(3)12-15)21-14-31-25(26-21)27-23(30)13-22-20-8-6-5-7-19(20)9-10-28(22)18(4)29/h5-12,14,22H,13H2,1-4H3,(H,26,27,30). The molecule has 1 aliphatic heterocycles. The van der Waals surface area contributed by atoms with Crippen LogP contribution in [0.4, 0.5) is 5.13 Å². The fourth-order valence-corrected chi connectivity index (χ4v) is 5.01. The van der Waals surface area contributed by atoms with Gasteiger partial charge in [0.25, 0.3) is 0 Å². The minimum Gasteiger partial charge on any atom is -0.311 e. The van der Waals surface area contributed by atoms with Gasteiger partial charge >= 0.3 is 0 Å². The maximum absolute atomic E-state index is 12.9. The van der Waals surface area contributed by atoms with E-state index in [1.54, 1.807) is 11.1 Å². The van der Waals surface area contributed by atoms with Gasteiger partial charge in [0, 0.05) is 24.1 Å². The molecule has 0 saturated carbocycles. The van der Waals surface area contributed by atoms with Crippen LogP contribution in [0.3, 0.4) is 0 Å². The number of carbonyl (C=O) groups excluding carboxylic acids is 2. The van der Waals surface area contributed by atoms with E-state index >= 15 is 0 Å². The monoisotopic (exact) mass is 431 g/mol. The lowest BCUT2D eigenvalue weighted by Gasteiger charge is -2.32. The Morgan fingerprint density at radius 2 is 1.84 bits per heavy atom. The number of hydrogen-bond acceptors (Lipinski definition) is 4. The first-order chi connectivity index (χ1) is 14.8. The first-order valence-corrected chi connectivity index (χ1v) is 11.1.